The quantitative estimate of drug-likeness (QED) is 0.251. The van der Waals surface area contributed by atoms with Gasteiger partial charge < -0.3 is 23.5 Å². The van der Waals surface area contributed by atoms with Gasteiger partial charge >= 0.3 is 29.6 Å². The molecule has 0 aromatic carbocycles. The van der Waals surface area contributed by atoms with Crippen LogP contribution in [0.15, 0.2) is 0 Å². The minimum absolute atomic E-state index is 0. The van der Waals surface area contributed by atoms with Gasteiger partial charge in [0.2, 0.25) is 0 Å². The van der Waals surface area contributed by atoms with Gasteiger partial charge in [0, 0.05) is 0 Å². The van der Waals surface area contributed by atoms with Gasteiger partial charge in [-0.2, -0.15) is 0 Å². The Labute approximate surface area is 80.9 Å². The Morgan fingerprint density at radius 1 is 0.875 bits per heavy atom. The minimum Gasteiger partial charge on any atom is -2.00 e. The van der Waals surface area contributed by atoms with E-state index in [2.05, 4.69) is 28.2 Å². The Kier molecular flexibility index (Phi) is 23.6. The second-order valence-electron chi connectivity index (χ2n) is 2.68. The van der Waals surface area contributed by atoms with E-state index in [4.69, 9.17) is 0 Å². The van der Waals surface area contributed by atoms with Gasteiger partial charge in [0.1, 0.15) is 0 Å². The molecule has 0 unspecified atom stereocenters. The normalized spacial score (nSPS) is 7.50. The van der Waals surface area contributed by atoms with Crippen LogP contribution < -0.4 is 29.6 Å². The minimum atomic E-state index is 0. The summed E-state index contributed by atoms with van der Waals surface area (Å²) in [5.41, 5.74) is 0. The number of rotatable bonds is 0. The van der Waals surface area contributed by atoms with Gasteiger partial charge in [-0.25, -0.2) is 0 Å². The van der Waals surface area contributed by atoms with Crippen LogP contribution in [0.1, 0.15) is 0 Å². The average molecular weight is 147 g/mol. The fourth-order valence-electron chi connectivity index (χ4n) is 0. The molecule has 0 aromatic rings. The monoisotopic (exact) mass is 147 g/mol. The zero-order chi connectivity index (χ0) is 4.50. The van der Waals surface area contributed by atoms with Gasteiger partial charge in [-0.15, -0.1) is 0 Å². The molecule has 0 fully saturated rings. The van der Waals surface area contributed by atoms with E-state index in [0.29, 0.717) is 0 Å². The molecule has 0 atom stereocenters. The van der Waals surface area contributed by atoms with Gasteiger partial charge in [-0.3, -0.25) is 0 Å². The Hall–Kier alpha value is 1.27. The van der Waals surface area contributed by atoms with Crippen LogP contribution in [0.2, 0.25) is 0 Å². The summed E-state index contributed by atoms with van der Waals surface area (Å²) in [6, 6.07) is 0. The molecule has 0 saturated carbocycles. The van der Waals surface area contributed by atoms with Crippen molar-refractivity contribution in [3.05, 3.63) is 0 Å². The van der Waals surface area contributed by atoms with Crippen molar-refractivity contribution in [2.24, 2.45) is 0 Å². The van der Waals surface area contributed by atoms with Gasteiger partial charge in [-0.1, -0.05) is 0 Å². The number of nitrogens with zero attached hydrogens (tertiary/aromatic N) is 1. The molecule has 0 saturated heterocycles. The average Bonchev–Trinajstić information content (AvgIpc) is 0.722. The molecular weight excluding hydrogens is 133 g/mol. The summed E-state index contributed by atoms with van der Waals surface area (Å²) in [6.45, 7) is 0. The standard InChI is InChI=1S/C4H12N.Na.H2O.S/c1-5(2,3)4;;;/h1-4H3;;1H2;/q2*+1;;-2. The fourth-order valence-corrected chi connectivity index (χ4v) is 0. The first-order chi connectivity index (χ1) is 2.00. The third-order valence-corrected chi connectivity index (χ3v) is 0. The maximum atomic E-state index is 2.12. The summed E-state index contributed by atoms with van der Waals surface area (Å²) in [7, 11) is 8.50. The second-order valence-corrected chi connectivity index (χ2v) is 2.68. The number of hydrogen-bond donors (Lipinski definition) is 0. The molecule has 0 aliphatic heterocycles. The fraction of sp³-hybridized carbons (Fsp3) is 1.00. The predicted molar refractivity (Wildman–Crippen MR) is 34.9 cm³/mol. The van der Waals surface area contributed by atoms with Crippen LogP contribution in [-0.4, -0.2) is 38.1 Å². The molecule has 0 aliphatic rings. The molecule has 0 rings (SSSR count). The third kappa shape index (κ3) is 177. The van der Waals surface area contributed by atoms with Crippen LogP contribution in [0.5, 0.6) is 0 Å². The van der Waals surface area contributed by atoms with Crippen LogP contribution in [0.4, 0.5) is 0 Å². The SMILES string of the molecule is C[N+](C)(C)C.O.[Na+].[S-2]. The van der Waals surface area contributed by atoms with E-state index < -0.39 is 0 Å². The van der Waals surface area contributed by atoms with Crippen molar-refractivity contribution < 1.29 is 39.5 Å². The van der Waals surface area contributed by atoms with E-state index >= 15 is 0 Å². The Morgan fingerprint density at radius 2 is 0.875 bits per heavy atom. The van der Waals surface area contributed by atoms with Crippen LogP contribution >= 0.6 is 0 Å². The molecular formula is C4H14NNaOS. The number of hydrogen-bond acceptors (Lipinski definition) is 0. The molecule has 0 bridgehead atoms. The molecule has 0 heterocycles. The zero-order valence-corrected chi connectivity index (χ0v) is 9.17. The third-order valence-electron chi connectivity index (χ3n) is 0. The molecule has 2 nitrogen and oxygen atoms in total. The van der Waals surface area contributed by atoms with Crippen LogP contribution in [0, 0.1) is 0 Å². The van der Waals surface area contributed by atoms with Crippen molar-refractivity contribution in [2.75, 3.05) is 28.2 Å². The van der Waals surface area contributed by atoms with Crippen molar-refractivity contribution in [3.8, 4) is 0 Å². The molecule has 0 radical (unpaired) electrons. The van der Waals surface area contributed by atoms with Crippen molar-refractivity contribution in [1.82, 2.24) is 0 Å². The van der Waals surface area contributed by atoms with Crippen LogP contribution in [0.3, 0.4) is 0 Å². The molecule has 0 aliphatic carbocycles. The van der Waals surface area contributed by atoms with Crippen LogP contribution in [0.25, 0.3) is 0 Å². The van der Waals surface area contributed by atoms with E-state index in [1.165, 1.54) is 0 Å². The van der Waals surface area contributed by atoms with E-state index in [9.17, 15) is 0 Å². The topological polar surface area (TPSA) is 31.5 Å². The molecule has 0 aromatic heterocycles. The molecule has 8 heavy (non-hydrogen) atoms. The van der Waals surface area contributed by atoms with Crippen molar-refractivity contribution in [3.63, 3.8) is 0 Å². The summed E-state index contributed by atoms with van der Waals surface area (Å²) in [4.78, 5) is 0. The van der Waals surface area contributed by atoms with Gasteiger partial charge in [0.25, 0.3) is 0 Å². The summed E-state index contributed by atoms with van der Waals surface area (Å²) in [6.07, 6.45) is 0. The summed E-state index contributed by atoms with van der Waals surface area (Å²) in [5, 5.41) is 0. The van der Waals surface area contributed by atoms with Crippen molar-refractivity contribution in [1.29, 1.82) is 0 Å². The second kappa shape index (κ2) is 8.27. The maximum Gasteiger partial charge on any atom is 1.00 e. The summed E-state index contributed by atoms with van der Waals surface area (Å²) >= 11 is 0. The van der Waals surface area contributed by atoms with Gasteiger partial charge in [0.15, 0.2) is 0 Å². The van der Waals surface area contributed by atoms with E-state index in [0.717, 1.165) is 4.48 Å². The first-order valence-electron chi connectivity index (χ1n) is 1.79. The first kappa shape index (κ1) is 22.8. The maximum absolute atomic E-state index is 2.12. The van der Waals surface area contributed by atoms with E-state index in [1.54, 1.807) is 0 Å². The molecule has 4 heteroatoms. The van der Waals surface area contributed by atoms with Crippen molar-refractivity contribution in [2.45, 2.75) is 0 Å². The molecule has 48 valence electrons. The van der Waals surface area contributed by atoms with E-state index in [1.807, 2.05) is 0 Å². The molecule has 0 spiro atoms. The zero-order valence-electron chi connectivity index (χ0n) is 6.36. The Morgan fingerprint density at radius 3 is 0.875 bits per heavy atom. The van der Waals surface area contributed by atoms with Crippen LogP contribution in [-0.2, 0) is 13.5 Å². The van der Waals surface area contributed by atoms with Gasteiger partial charge in [-0.05, 0) is 0 Å². The molecule has 2 N–H and O–H groups in total. The summed E-state index contributed by atoms with van der Waals surface area (Å²) in [5.74, 6) is 0. The largest absolute Gasteiger partial charge is 2.00 e. The predicted octanol–water partition coefficient (Wildman–Crippen LogP) is -3.50. The Bertz CT molecular complexity index is 31.5. The summed E-state index contributed by atoms with van der Waals surface area (Å²) < 4.78 is 1.00. The molecule has 0 amide bonds. The first-order valence-corrected chi connectivity index (χ1v) is 1.79. The number of quaternary nitrogens is 1. The van der Waals surface area contributed by atoms with Crippen molar-refractivity contribution >= 4 is 13.5 Å². The van der Waals surface area contributed by atoms with Gasteiger partial charge in [0.05, 0.1) is 28.2 Å². The van der Waals surface area contributed by atoms with E-state index in [-0.39, 0.29) is 48.5 Å². The smallest absolute Gasteiger partial charge is 1.00 e. The Balaban J connectivity index is -0.0000000267.